The Morgan fingerprint density at radius 1 is 1.21 bits per heavy atom. The number of amides is 1. The zero-order valence-electron chi connectivity index (χ0n) is 13.2. The Morgan fingerprint density at radius 2 is 2.08 bits per heavy atom. The number of carbonyl (C=O) groups is 1. The van der Waals surface area contributed by atoms with Gasteiger partial charge in [0.1, 0.15) is 0 Å². The fourth-order valence-electron chi connectivity index (χ4n) is 2.96. The first-order chi connectivity index (χ1) is 11.8. The molecule has 4 rings (SSSR count). The van der Waals surface area contributed by atoms with Gasteiger partial charge in [-0.25, -0.2) is 5.43 Å². The van der Waals surface area contributed by atoms with Gasteiger partial charge in [-0.1, -0.05) is 30.3 Å². The van der Waals surface area contributed by atoms with Crippen molar-refractivity contribution in [3.8, 4) is 0 Å². The molecule has 0 fully saturated rings. The zero-order chi connectivity index (χ0) is 16.4. The van der Waals surface area contributed by atoms with Crippen LogP contribution in [0.5, 0.6) is 0 Å². The second-order valence-electron chi connectivity index (χ2n) is 5.93. The lowest BCUT2D eigenvalue weighted by Crippen LogP contribution is -2.27. The standard InChI is InChI=1S/C18H18N4OS/c23-18(15-7-9-24-13-15)20-22-17-12-21(11-16(17)10-19-22)8-6-14-4-2-1-3-5-14/h1-5,7,9-10,13H,6,8,11-12H2,(H,20,23). The molecule has 0 unspecified atom stereocenters. The van der Waals surface area contributed by atoms with Crippen molar-refractivity contribution in [3.05, 3.63) is 75.7 Å². The molecule has 3 heterocycles. The van der Waals surface area contributed by atoms with Crippen LogP contribution in [0.25, 0.3) is 0 Å². The van der Waals surface area contributed by atoms with Crippen molar-refractivity contribution in [2.45, 2.75) is 19.5 Å². The normalized spacial score (nSPS) is 13.8. The van der Waals surface area contributed by atoms with Crippen molar-refractivity contribution in [3.63, 3.8) is 0 Å². The van der Waals surface area contributed by atoms with E-state index >= 15 is 0 Å². The fourth-order valence-corrected chi connectivity index (χ4v) is 3.59. The van der Waals surface area contributed by atoms with Crippen LogP contribution < -0.4 is 5.43 Å². The summed E-state index contributed by atoms with van der Waals surface area (Å²) in [6, 6.07) is 12.3. The van der Waals surface area contributed by atoms with Crippen LogP contribution in [0.3, 0.4) is 0 Å². The van der Waals surface area contributed by atoms with Gasteiger partial charge in [0.15, 0.2) is 0 Å². The van der Waals surface area contributed by atoms with E-state index in [4.69, 9.17) is 0 Å². The van der Waals surface area contributed by atoms with Crippen LogP contribution in [0.4, 0.5) is 0 Å². The Morgan fingerprint density at radius 3 is 2.88 bits per heavy atom. The van der Waals surface area contributed by atoms with E-state index in [0.717, 1.165) is 31.7 Å². The Bertz CT molecular complexity index is 826. The van der Waals surface area contributed by atoms with Crippen LogP contribution in [-0.4, -0.2) is 27.2 Å². The van der Waals surface area contributed by atoms with Gasteiger partial charge in [-0.05, 0) is 23.4 Å². The van der Waals surface area contributed by atoms with Gasteiger partial charge in [-0.2, -0.15) is 21.2 Å². The number of nitrogens with one attached hydrogen (secondary N) is 1. The van der Waals surface area contributed by atoms with E-state index < -0.39 is 0 Å². The molecule has 5 nitrogen and oxygen atoms in total. The number of hydrogen-bond donors (Lipinski definition) is 1. The third-order valence-electron chi connectivity index (χ3n) is 4.27. The molecule has 1 aromatic carbocycles. The van der Waals surface area contributed by atoms with Crippen molar-refractivity contribution >= 4 is 17.2 Å². The largest absolute Gasteiger partial charge is 0.293 e. The molecule has 1 aliphatic rings. The summed E-state index contributed by atoms with van der Waals surface area (Å²) < 4.78 is 0. The van der Waals surface area contributed by atoms with Gasteiger partial charge in [0, 0.05) is 30.6 Å². The number of benzene rings is 1. The van der Waals surface area contributed by atoms with E-state index in [0.29, 0.717) is 5.56 Å². The van der Waals surface area contributed by atoms with Gasteiger partial charge in [0.25, 0.3) is 5.91 Å². The number of carbonyl (C=O) groups excluding carboxylic acids is 1. The average Bonchev–Trinajstić information content (AvgIpc) is 3.32. The lowest BCUT2D eigenvalue weighted by Gasteiger charge is -2.15. The Hall–Kier alpha value is -2.44. The number of hydrogen-bond acceptors (Lipinski definition) is 4. The molecule has 0 saturated heterocycles. The number of aromatic nitrogens is 2. The van der Waals surface area contributed by atoms with Crippen molar-refractivity contribution in [1.29, 1.82) is 0 Å². The van der Waals surface area contributed by atoms with Crippen LogP contribution in [0.15, 0.2) is 53.4 Å². The monoisotopic (exact) mass is 338 g/mol. The van der Waals surface area contributed by atoms with Gasteiger partial charge in [-0.15, -0.1) is 0 Å². The topological polar surface area (TPSA) is 50.2 Å². The quantitative estimate of drug-likeness (QED) is 0.778. The maximum Gasteiger partial charge on any atom is 0.272 e. The molecule has 0 aliphatic carbocycles. The fraction of sp³-hybridized carbons (Fsp3) is 0.222. The molecule has 1 N–H and O–H groups in total. The highest BCUT2D eigenvalue weighted by atomic mass is 32.1. The second-order valence-corrected chi connectivity index (χ2v) is 6.71. The Kier molecular flexibility index (Phi) is 4.15. The number of nitrogens with zero attached hydrogens (tertiary/aromatic N) is 3. The highest BCUT2D eigenvalue weighted by Gasteiger charge is 2.24. The van der Waals surface area contributed by atoms with E-state index in [1.54, 1.807) is 4.79 Å². The lowest BCUT2D eigenvalue weighted by atomic mass is 10.1. The van der Waals surface area contributed by atoms with E-state index in [1.807, 2.05) is 29.1 Å². The smallest absolute Gasteiger partial charge is 0.272 e. The molecule has 0 spiro atoms. The summed E-state index contributed by atoms with van der Waals surface area (Å²) in [4.78, 5) is 16.2. The number of thiophene rings is 1. The SMILES string of the molecule is O=C(Nn1ncc2c1CN(CCc1ccccc1)C2)c1ccsc1. The summed E-state index contributed by atoms with van der Waals surface area (Å²) in [5.74, 6) is -0.120. The molecule has 0 radical (unpaired) electrons. The number of fused-ring (bicyclic) bond motifs is 1. The molecule has 0 saturated carbocycles. The molecule has 1 aliphatic heterocycles. The molecule has 2 aromatic heterocycles. The van der Waals surface area contributed by atoms with Crippen LogP contribution in [0.2, 0.25) is 0 Å². The first-order valence-electron chi connectivity index (χ1n) is 7.95. The minimum Gasteiger partial charge on any atom is -0.293 e. The predicted octanol–water partition coefficient (Wildman–Crippen LogP) is 2.89. The zero-order valence-corrected chi connectivity index (χ0v) is 14.0. The summed E-state index contributed by atoms with van der Waals surface area (Å²) in [6.07, 6.45) is 2.88. The summed E-state index contributed by atoms with van der Waals surface area (Å²) >= 11 is 1.51. The average molecular weight is 338 g/mol. The summed E-state index contributed by atoms with van der Waals surface area (Å²) in [7, 11) is 0. The Balaban J connectivity index is 1.38. The molecule has 24 heavy (non-hydrogen) atoms. The third-order valence-corrected chi connectivity index (χ3v) is 4.96. The maximum absolute atomic E-state index is 12.2. The minimum atomic E-state index is -0.120. The Labute approximate surface area is 144 Å². The van der Waals surface area contributed by atoms with Crippen molar-refractivity contribution in [2.75, 3.05) is 12.0 Å². The molecule has 0 atom stereocenters. The molecular weight excluding hydrogens is 320 g/mol. The van der Waals surface area contributed by atoms with E-state index in [9.17, 15) is 4.79 Å². The van der Waals surface area contributed by atoms with Crippen LogP contribution >= 0.6 is 11.3 Å². The summed E-state index contributed by atoms with van der Waals surface area (Å²) in [5.41, 5.74) is 7.15. The van der Waals surface area contributed by atoms with E-state index in [1.165, 1.54) is 22.5 Å². The van der Waals surface area contributed by atoms with Crippen molar-refractivity contribution in [1.82, 2.24) is 14.8 Å². The summed E-state index contributed by atoms with van der Waals surface area (Å²) in [5, 5.41) is 8.04. The second kappa shape index (κ2) is 6.59. The maximum atomic E-state index is 12.2. The molecule has 122 valence electrons. The third kappa shape index (κ3) is 3.11. The van der Waals surface area contributed by atoms with Crippen molar-refractivity contribution < 1.29 is 4.79 Å². The summed E-state index contributed by atoms with van der Waals surface area (Å²) in [6.45, 7) is 2.69. The molecule has 0 bridgehead atoms. The van der Waals surface area contributed by atoms with Gasteiger partial charge >= 0.3 is 0 Å². The first-order valence-corrected chi connectivity index (χ1v) is 8.89. The highest BCUT2D eigenvalue weighted by Crippen LogP contribution is 2.22. The van der Waals surface area contributed by atoms with Crippen LogP contribution in [0.1, 0.15) is 27.2 Å². The van der Waals surface area contributed by atoms with Gasteiger partial charge in [-0.3, -0.25) is 9.69 Å². The lowest BCUT2D eigenvalue weighted by molar-refractivity contribution is 0.100. The van der Waals surface area contributed by atoms with Crippen molar-refractivity contribution in [2.24, 2.45) is 0 Å². The van der Waals surface area contributed by atoms with Crippen LogP contribution in [-0.2, 0) is 19.5 Å². The van der Waals surface area contributed by atoms with Gasteiger partial charge in [0.05, 0.1) is 17.5 Å². The molecule has 3 aromatic rings. The minimum absolute atomic E-state index is 0.120. The first kappa shape index (κ1) is 15.1. The van der Waals surface area contributed by atoms with E-state index in [-0.39, 0.29) is 5.91 Å². The molecular formula is C18H18N4OS. The molecule has 1 amide bonds. The van der Waals surface area contributed by atoms with Gasteiger partial charge in [0.2, 0.25) is 0 Å². The predicted molar refractivity (Wildman–Crippen MR) is 94.5 cm³/mol. The van der Waals surface area contributed by atoms with Crippen LogP contribution in [0, 0.1) is 0 Å². The number of rotatable bonds is 5. The van der Waals surface area contributed by atoms with E-state index in [2.05, 4.69) is 39.7 Å². The van der Waals surface area contributed by atoms with Gasteiger partial charge < -0.3 is 0 Å². The highest BCUT2D eigenvalue weighted by molar-refractivity contribution is 7.08. The molecule has 6 heteroatoms.